The van der Waals surface area contributed by atoms with Gasteiger partial charge in [0.25, 0.3) is 0 Å². The molecule has 2 aromatic rings. The fraction of sp³-hybridized carbons (Fsp3) is 0.438. The van der Waals surface area contributed by atoms with E-state index in [-0.39, 0.29) is 6.04 Å². The zero-order chi connectivity index (χ0) is 14.5. The van der Waals surface area contributed by atoms with E-state index in [4.69, 9.17) is 11.6 Å². The van der Waals surface area contributed by atoms with Crippen LogP contribution in [0.5, 0.6) is 0 Å². The number of hydrogen-bond acceptors (Lipinski definition) is 2. The third-order valence-corrected chi connectivity index (χ3v) is 3.91. The average Bonchev–Trinajstić information content (AvgIpc) is 2.81. The van der Waals surface area contributed by atoms with Gasteiger partial charge in [-0.1, -0.05) is 41.4 Å². The summed E-state index contributed by atoms with van der Waals surface area (Å²) in [5.41, 5.74) is 3.76. The zero-order valence-electron chi connectivity index (χ0n) is 12.4. The van der Waals surface area contributed by atoms with Gasteiger partial charge in [0, 0.05) is 6.54 Å². The Labute approximate surface area is 126 Å². The van der Waals surface area contributed by atoms with Gasteiger partial charge in [0.15, 0.2) is 0 Å². The number of hydrogen-bond donors (Lipinski definition) is 1. The molecule has 1 heterocycles. The molecule has 1 unspecified atom stereocenters. The van der Waals surface area contributed by atoms with Gasteiger partial charge >= 0.3 is 0 Å². The third-order valence-electron chi connectivity index (χ3n) is 3.62. The summed E-state index contributed by atoms with van der Waals surface area (Å²) < 4.78 is 1.97. The lowest BCUT2D eigenvalue weighted by molar-refractivity contribution is 0.489. The van der Waals surface area contributed by atoms with Crippen molar-refractivity contribution in [2.45, 2.75) is 39.3 Å². The maximum atomic E-state index is 6.28. The molecule has 0 fully saturated rings. The Morgan fingerprint density at radius 3 is 2.85 bits per heavy atom. The van der Waals surface area contributed by atoms with Gasteiger partial charge in [0.05, 0.1) is 23.0 Å². The quantitative estimate of drug-likeness (QED) is 0.878. The maximum Gasteiger partial charge on any atom is 0.0834 e. The van der Waals surface area contributed by atoms with Crippen LogP contribution in [0.4, 0.5) is 0 Å². The van der Waals surface area contributed by atoms with Crippen LogP contribution < -0.4 is 5.32 Å². The lowest BCUT2D eigenvalue weighted by atomic mass is 10.0. The van der Waals surface area contributed by atoms with Crippen LogP contribution in [-0.4, -0.2) is 16.8 Å². The molecule has 20 heavy (non-hydrogen) atoms. The van der Waals surface area contributed by atoms with Crippen LogP contribution in [0.25, 0.3) is 0 Å². The van der Waals surface area contributed by atoms with Crippen molar-refractivity contribution in [3.05, 3.63) is 52.3 Å². The first-order chi connectivity index (χ1) is 9.65. The van der Waals surface area contributed by atoms with Crippen molar-refractivity contribution in [3.8, 4) is 0 Å². The van der Waals surface area contributed by atoms with Gasteiger partial charge < -0.3 is 5.32 Å². The molecule has 0 bridgehead atoms. The molecule has 1 aromatic heterocycles. The molecule has 2 rings (SSSR count). The molecule has 0 saturated heterocycles. The summed E-state index contributed by atoms with van der Waals surface area (Å²) in [6.07, 6.45) is 3.77. The molecule has 1 aromatic carbocycles. The fourth-order valence-electron chi connectivity index (χ4n) is 2.57. The number of rotatable bonds is 6. The van der Waals surface area contributed by atoms with Gasteiger partial charge in [0.1, 0.15) is 0 Å². The summed E-state index contributed by atoms with van der Waals surface area (Å²) in [4.78, 5) is 0. The van der Waals surface area contributed by atoms with E-state index in [9.17, 15) is 0 Å². The summed E-state index contributed by atoms with van der Waals surface area (Å²) in [6.45, 7) is 5.05. The molecule has 0 saturated carbocycles. The molecular formula is C16H22ClN3. The normalized spacial score (nSPS) is 12.6. The monoisotopic (exact) mass is 291 g/mol. The van der Waals surface area contributed by atoms with E-state index in [1.165, 1.54) is 11.1 Å². The first-order valence-electron chi connectivity index (χ1n) is 7.09. The molecule has 0 aliphatic heterocycles. The number of benzene rings is 1. The highest BCUT2D eigenvalue weighted by Crippen LogP contribution is 2.26. The molecule has 1 N–H and O–H groups in total. The minimum atomic E-state index is 0.227. The van der Waals surface area contributed by atoms with Crippen LogP contribution >= 0.6 is 11.6 Å². The first-order valence-corrected chi connectivity index (χ1v) is 7.47. The van der Waals surface area contributed by atoms with Crippen LogP contribution in [-0.2, 0) is 13.0 Å². The van der Waals surface area contributed by atoms with Crippen molar-refractivity contribution >= 4 is 11.6 Å². The van der Waals surface area contributed by atoms with Gasteiger partial charge in [-0.15, -0.1) is 0 Å². The Morgan fingerprint density at radius 1 is 1.40 bits per heavy atom. The van der Waals surface area contributed by atoms with E-state index in [1.54, 1.807) is 6.20 Å². The van der Waals surface area contributed by atoms with Gasteiger partial charge in [-0.2, -0.15) is 5.10 Å². The van der Waals surface area contributed by atoms with Crippen molar-refractivity contribution in [2.24, 2.45) is 0 Å². The minimum absolute atomic E-state index is 0.227. The summed E-state index contributed by atoms with van der Waals surface area (Å²) in [7, 11) is 1.98. The zero-order valence-corrected chi connectivity index (χ0v) is 13.1. The van der Waals surface area contributed by atoms with E-state index in [0.29, 0.717) is 0 Å². The van der Waals surface area contributed by atoms with Crippen LogP contribution in [0.3, 0.4) is 0 Å². The second-order valence-corrected chi connectivity index (χ2v) is 5.47. The minimum Gasteiger partial charge on any atom is -0.312 e. The maximum absolute atomic E-state index is 6.28. The molecule has 1 atom stereocenters. The van der Waals surface area contributed by atoms with E-state index in [1.807, 2.05) is 11.7 Å². The van der Waals surface area contributed by atoms with Crippen molar-refractivity contribution in [2.75, 3.05) is 7.05 Å². The van der Waals surface area contributed by atoms with Crippen molar-refractivity contribution in [1.29, 1.82) is 0 Å². The summed E-state index contributed by atoms with van der Waals surface area (Å²) in [5.74, 6) is 0. The number of aryl methyl sites for hydroxylation is 3. The first kappa shape index (κ1) is 15.1. The second kappa shape index (κ2) is 6.91. The van der Waals surface area contributed by atoms with Gasteiger partial charge in [-0.25, -0.2) is 0 Å². The largest absolute Gasteiger partial charge is 0.312 e. The summed E-state index contributed by atoms with van der Waals surface area (Å²) in [5, 5.41) is 8.42. The van der Waals surface area contributed by atoms with E-state index in [2.05, 4.69) is 48.5 Å². The average molecular weight is 292 g/mol. The lowest BCUT2D eigenvalue weighted by Crippen LogP contribution is -2.21. The smallest absolute Gasteiger partial charge is 0.0834 e. The molecule has 0 aliphatic rings. The summed E-state index contributed by atoms with van der Waals surface area (Å²) in [6, 6.07) is 8.89. The molecule has 4 heteroatoms. The van der Waals surface area contributed by atoms with Crippen LogP contribution in [0.15, 0.2) is 30.5 Å². The van der Waals surface area contributed by atoms with E-state index >= 15 is 0 Å². The Hall–Kier alpha value is -1.32. The highest BCUT2D eigenvalue weighted by molar-refractivity contribution is 6.31. The number of aromatic nitrogens is 2. The van der Waals surface area contributed by atoms with Crippen LogP contribution in [0, 0.1) is 6.92 Å². The van der Waals surface area contributed by atoms with Gasteiger partial charge in [0.2, 0.25) is 0 Å². The number of halogens is 1. The van der Waals surface area contributed by atoms with E-state index < -0.39 is 0 Å². The molecule has 0 amide bonds. The van der Waals surface area contributed by atoms with Gasteiger partial charge in [-0.3, -0.25) is 4.68 Å². The van der Waals surface area contributed by atoms with Crippen LogP contribution in [0.1, 0.15) is 36.2 Å². The predicted molar refractivity (Wildman–Crippen MR) is 84.2 cm³/mol. The molecule has 0 radical (unpaired) electrons. The van der Waals surface area contributed by atoms with E-state index in [0.717, 1.165) is 30.1 Å². The topological polar surface area (TPSA) is 29.9 Å². The van der Waals surface area contributed by atoms with Gasteiger partial charge in [-0.05, 0) is 39.3 Å². The van der Waals surface area contributed by atoms with Crippen molar-refractivity contribution in [3.63, 3.8) is 0 Å². The Bertz CT molecular complexity index is 563. The standard InChI is InChI=1S/C16H22ClN3/c1-4-20-16(14(17)11-19-20)15(18-3)9-8-13-7-5-6-12(2)10-13/h5-7,10-11,15,18H,4,8-9H2,1-3H3. The molecule has 108 valence electrons. The molecule has 3 nitrogen and oxygen atoms in total. The predicted octanol–water partition coefficient (Wildman–Crippen LogP) is 3.76. The third kappa shape index (κ3) is 3.41. The Balaban J connectivity index is 2.11. The second-order valence-electron chi connectivity index (χ2n) is 5.06. The molecule has 0 aliphatic carbocycles. The Morgan fingerprint density at radius 2 is 2.20 bits per heavy atom. The van der Waals surface area contributed by atoms with Crippen molar-refractivity contribution < 1.29 is 0 Å². The lowest BCUT2D eigenvalue weighted by Gasteiger charge is -2.18. The number of nitrogens with one attached hydrogen (secondary N) is 1. The molecule has 0 spiro atoms. The van der Waals surface area contributed by atoms with Crippen molar-refractivity contribution in [1.82, 2.24) is 15.1 Å². The van der Waals surface area contributed by atoms with Crippen LogP contribution in [0.2, 0.25) is 5.02 Å². The highest BCUT2D eigenvalue weighted by Gasteiger charge is 2.18. The summed E-state index contributed by atoms with van der Waals surface area (Å²) >= 11 is 6.28. The Kier molecular flexibility index (Phi) is 5.21. The fourth-order valence-corrected chi connectivity index (χ4v) is 2.84. The molecular weight excluding hydrogens is 270 g/mol. The SMILES string of the molecule is CCn1ncc(Cl)c1C(CCc1cccc(C)c1)NC. The highest BCUT2D eigenvalue weighted by atomic mass is 35.5. The number of nitrogens with zero attached hydrogens (tertiary/aromatic N) is 2.